The molecule has 2 aliphatic rings. The molecule has 1 aliphatic carbocycles. The van der Waals surface area contributed by atoms with Crippen molar-refractivity contribution >= 4 is 11.7 Å². The second-order valence-electron chi connectivity index (χ2n) is 4.98. The molecule has 3 rings (SSSR count). The quantitative estimate of drug-likeness (QED) is 0.585. The fourth-order valence-corrected chi connectivity index (χ4v) is 2.50. The van der Waals surface area contributed by atoms with E-state index >= 15 is 0 Å². The lowest BCUT2D eigenvalue weighted by atomic mass is 9.84. The van der Waals surface area contributed by atoms with Gasteiger partial charge in [0, 0.05) is 25.4 Å². The Kier molecular flexibility index (Phi) is 2.87. The summed E-state index contributed by atoms with van der Waals surface area (Å²) in [4.78, 5) is 14.1. The lowest BCUT2D eigenvalue weighted by Gasteiger charge is -2.34. The van der Waals surface area contributed by atoms with Gasteiger partial charge in [-0.15, -0.1) is 5.10 Å². The van der Waals surface area contributed by atoms with Crippen molar-refractivity contribution in [2.45, 2.75) is 32.2 Å². The molecule has 0 bridgehead atoms. The zero-order chi connectivity index (χ0) is 12.5. The largest absolute Gasteiger partial charge is 0.338 e. The van der Waals surface area contributed by atoms with Crippen molar-refractivity contribution in [2.75, 3.05) is 12.0 Å². The second kappa shape index (κ2) is 4.53. The lowest BCUT2D eigenvalue weighted by Crippen LogP contribution is -2.42. The van der Waals surface area contributed by atoms with Crippen LogP contribution < -0.4 is 11.3 Å². The molecular formula is C12H17N5O. The Labute approximate surface area is 106 Å². The highest BCUT2D eigenvalue weighted by Gasteiger charge is 2.31. The predicted octanol–water partition coefficient (Wildman–Crippen LogP) is 0.447. The number of aromatic nitrogens is 2. The smallest absolute Gasteiger partial charge is 0.225 e. The highest BCUT2D eigenvalue weighted by Crippen LogP contribution is 2.30. The Bertz CT molecular complexity index is 472. The summed E-state index contributed by atoms with van der Waals surface area (Å²) in [5, 5.41) is 8.09. The highest BCUT2D eigenvalue weighted by molar-refractivity contribution is 5.79. The summed E-state index contributed by atoms with van der Waals surface area (Å²) in [6, 6.07) is 1.88. The number of fused-ring (bicyclic) bond motifs is 1. The van der Waals surface area contributed by atoms with Crippen molar-refractivity contribution in [3.8, 4) is 0 Å². The van der Waals surface area contributed by atoms with Crippen molar-refractivity contribution in [3.63, 3.8) is 0 Å². The van der Waals surface area contributed by atoms with Gasteiger partial charge in [-0.05, 0) is 24.5 Å². The summed E-state index contributed by atoms with van der Waals surface area (Å²) in [6.07, 6.45) is 4.07. The lowest BCUT2D eigenvalue weighted by molar-refractivity contribution is -0.139. The van der Waals surface area contributed by atoms with Crippen LogP contribution in [0.25, 0.3) is 0 Å². The number of nitrogen functional groups attached to an aromatic ring is 1. The molecule has 1 aromatic rings. The zero-order valence-electron chi connectivity index (χ0n) is 10.2. The summed E-state index contributed by atoms with van der Waals surface area (Å²) in [6.45, 7) is 1.39. The minimum Gasteiger partial charge on any atom is -0.338 e. The Balaban J connectivity index is 1.76. The molecule has 0 spiro atoms. The molecule has 0 radical (unpaired) electrons. The summed E-state index contributed by atoms with van der Waals surface area (Å²) in [7, 11) is 0. The third-order valence-corrected chi connectivity index (χ3v) is 3.85. The van der Waals surface area contributed by atoms with Crippen LogP contribution in [0.3, 0.4) is 0 Å². The number of anilines is 1. The van der Waals surface area contributed by atoms with Gasteiger partial charge in [0.15, 0.2) is 5.82 Å². The highest BCUT2D eigenvalue weighted by atomic mass is 16.2. The topological polar surface area (TPSA) is 84.1 Å². The van der Waals surface area contributed by atoms with E-state index < -0.39 is 0 Å². The van der Waals surface area contributed by atoms with E-state index in [4.69, 9.17) is 5.84 Å². The van der Waals surface area contributed by atoms with E-state index in [1.54, 1.807) is 0 Å². The SMILES string of the molecule is NNc1cc2c(nn1)CCN(C(=O)C1CCC1)C2. The second-order valence-corrected chi connectivity index (χ2v) is 4.98. The van der Waals surface area contributed by atoms with Gasteiger partial charge in [-0.3, -0.25) is 4.79 Å². The number of carbonyl (C=O) groups excluding carboxylic acids is 1. The van der Waals surface area contributed by atoms with Gasteiger partial charge in [-0.25, -0.2) is 5.84 Å². The maximum atomic E-state index is 12.2. The molecule has 1 aromatic heterocycles. The Morgan fingerprint density at radius 3 is 2.94 bits per heavy atom. The molecule has 0 atom stereocenters. The van der Waals surface area contributed by atoms with Crippen LogP contribution in [-0.4, -0.2) is 27.5 Å². The van der Waals surface area contributed by atoms with Crippen LogP contribution in [0.2, 0.25) is 0 Å². The number of hydrogen-bond acceptors (Lipinski definition) is 5. The van der Waals surface area contributed by atoms with Crippen LogP contribution >= 0.6 is 0 Å². The summed E-state index contributed by atoms with van der Waals surface area (Å²) < 4.78 is 0. The molecule has 0 unspecified atom stereocenters. The average molecular weight is 247 g/mol. The minimum atomic E-state index is 0.258. The Morgan fingerprint density at radius 1 is 1.44 bits per heavy atom. The first-order valence-corrected chi connectivity index (χ1v) is 6.39. The van der Waals surface area contributed by atoms with E-state index in [1.165, 1.54) is 6.42 Å². The Morgan fingerprint density at radius 2 is 2.28 bits per heavy atom. The van der Waals surface area contributed by atoms with E-state index in [-0.39, 0.29) is 5.92 Å². The van der Waals surface area contributed by atoms with Gasteiger partial charge in [0.2, 0.25) is 5.91 Å². The number of hydrogen-bond donors (Lipinski definition) is 2. The predicted molar refractivity (Wildman–Crippen MR) is 66.3 cm³/mol. The molecule has 2 heterocycles. The molecular weight excluding hydrogens is 230 g/mol. The van der Waals surface area contributed by atoms with Crippen molar-refractivity contribution in [2.24, 2.45) is 11.8 Å². The Hall–Kier alpha value is -1.69. The molecule has 6 nitrogen and oxygen atoms in total. The molecule has 18 heavy (non-hydrogen) atoms. The third-order valence-electron chi connectivity index (χ3n) is 3.85. The van der Waals surface area contributed by atoms with Crippen LogP contribution in [-0.2, 0) is 17.8 Å². The number of nitrogens with one attached hydrogen (secondary N) is 1. The molecule has 96 valence electrons. The van der Waals surface area contributed by atoms with Gasteiger partial charge in [0.05, 0.1) is 5.69 Å². The molecule has 1 amide bonds. The number of nitrogens with two attached hydrogens (primary N) is 1. The number of nitrogens with zero attached hydrogens (tertiary/aromatic N) is 3. The maximum absolute atomic E-state index is 12.2. The molecule has 6 heteroatoms. The zero-order valence-corrected chi connectivity index (χ0v) is 10.2. The van der Waals surface area contributed by atoms with Gasteiger partial charge in [-0.1, -0.05) is 6.42 Å². The molecule has 0 aromatic carbocycles. The van der Waals surface area contributed by atoms with E-state index in [2.05, 4.69) is 15.6 Å². The summed E-state index contributed by atoms with van der Waals surface area (Å²) in [5.41, 5.74) is 4.52. The standard InChI is InChI=1S/C12H17N5O/c13-14-11-6-9-7-17(5-4-10(9)15-16-11)12(18)8-2-1-3-8/h6,8H,1-5,7,13H2,(H,14,16). The van der Waals surface area contributed by atoms with Crippen molar-refractivity contribution in [1.29, 1.82) is 0 Å². The van der Waals surface area contributed by atoms with Crippen LogP contribution in [0.1, 0.15) is 30.5 Å². The first-order valence-electron chi connectivity index (χ1n) is 6.39. The van der Waals surface area contributed by atoms with Gasteiger partial charge >= 0.3 is 0 Å². The fourth-order valence-electron chi connectivity index (χ4n) is 2.50. The van der Waals surface area contributed by atoms with Crippen LogP contribution in [0.4, 0.5) is 5.82 Å². The fraction of sp³-hybridized carbons (Fsp3) is 0.583. The van der Waals surface area contributed by atoms with Crippen LogP contribution in [0.5, 0.6) is 0 Å². The van der Waals surface area contributed by atoms with E-state index in [0.717, 1.165) is 37.1 Å². The average Bonchev–Trinajstić information content (AvgIpc) is 2.35. The molecule has 0 saturated heterocycles. The molecule has 1 aliphatic heterocycles. The van der Waals surface area contributed by atoms with Crippen molar-refractivity contribution in [1.82, 2.24) is 15.1 Å². The molecule has 1 saturated carbocycles. The molecule has 1 fully saturated rings. The summed E-state index contributed by atoms with van der Waals surface area (Å²) in [5.74, 6) is 6.43. The third kappa shape index (κ3) is 1.92. The minimum absolute atomic E-state index is 0.258. The van der Waals surface area contributed by atoms with Crippen molar-refractivity contribution < 1.29 is 4.79 Å². The van der Waals surface area contributed by atoms with E-state index in [1.807, 2.05) is 11.0 Å². The first kappa shape index (κ1) is 11.4. The molecule has 3 N–H and O–H groups in total. The van der Waals surface area contributed by atoms with Crippen LogP contribution in [0.15, 0.2) is 6.07 Å². The number of carbonyl (C=O) groups is 1. The van der Waals surface area contributed by atoms with Gasteiger partial charge in [0.1, 0.15) is 0 Å². The van der Waals surface area contributed by atoms with E-state index in [9.17, 15) is 4.79 Å². The normalized spacial score (nSPS) is 19.1. The van der Waals surface area contributed by atoms with Crippen LogP contribution in [0, 0.1) is 5.92 Å². The first-order chi connectivity index (χ1) is 8.78. The number of rotatable bonds is 2. The number of amides is 1. The van der Waals surface area contributed by atoms with E-state index in [0.29, 0.717) is 18.3 Å². The number of hydrazine groups is 1. The maximum Gasteiger partial charge on any atom is 0.225 e. The summed E-state index contributed by atoms with van der Waals surface area (Å²) >= 11 is 0. The van der Waals surface area contributed by atoms with Gasteiger partial charge in [0.25, 0.3) is 0 Å². The monoisotopic (exact) mass is 247 g/mol. The van der Waals surface area contributed by atoms with Gasteiger partial charge in [-0.2, -0.15) is 5.10 Å². The van der Waals surface area contributed by atoms with Crippen molar-refractivity contribution in [3.05, 3.63) is 17.3 Å². The van der Waals surface area contributed by atoms with Gasteiger partial charge < -0.3 is 10.3 Å².